The second-order valence-corrected chi connectivity index (χ2v) is 3.34. The highest BCUT2D eigenvalue weighted by Crippen LogP contribution is 2.30. The topological polar surface area (TPSA) is 42.1 Å². The van der Waals surface area contributed by atoms with Crippen LogP contribution in [0, 0.1) is 6.92 Å². The lowest BCUT2D eigenvalue weighted by atomic mass is 10.3. The summed E-state index contributed by atoms with van der Waals surface area (Å²) in [7, 11) is 0. The van der Waals surface area contributed by atoms with E-state index in [4.69, 9.17) is 0 Å². The Kier molecular flexibility index (Phi) is 2.89. The van der Waals surface area contributed by atoms with E-state index in [9.17, 15) is 18.0 Å². The van der Waals surface area contributed by atoms with Crippen LogP contribution in [0.4, 0.5) is 13.2 Å². The number of pyridine rings is 1. The molecule has 0 spiro atoms. The van der Waals surface area contributed by atoms with Gasteiger partial charge in [-0.05, 0) is 22.9 Å². The van der Waals surface area contributed by atoms with Gasteiger partial charge < -0.3 is 9.72 Å². The van der Waals surface area contributed by atoms with Gasteiger partial charge in [0, 0.05) is 6.07 Å². The Morgan fingerprint density at radius 3 is 2.50 bits per heavy atom. The molecule has 0 unspecified atom stereocenters. The van der Waals surface area contributed by atoms with Crippen LogP contribution in [0.15, 0.2) is 15.3 Å². The standard InChI is InChI=1S/C7H5BrF3NO2/c1-3-6(14-7(9,10)11)4(8)2-5(13)12-3/h2H,1H3,(H,12,13). The largest absolute Gasteiger partial charge is 0.573 e. The van der Waals surface area contributed by atoms with E-state index < -0.39 is 17.7 Å². The number of aromatic nitrogens is 1. The van der Waals surface area contributed by atoms with Crippen molar-refractivity contribution in [1.29, 1.82) is 0 Å². The van der Waals surface area contributed by atoms with Gasteiger partial charge in [-0.2, -0.15) is 0 Å². The predicted octanol–water partition coefficient (Wildman–Crippen LogP) is 2.34. The molecule has 1 rings (SSSR count). The van der Waals surface area contributed by atoms with Gasteiger partial charge in [0.25, 0.3) is 0 Å². The van der Waals surface area contributed by atoms with E-state index in [2.05, 4.69) is 25.7 Å². The Morgan fingerprint density at radius 2 is 2.07 bits per heavy atom. The highest BCUT2D eigenvalue weighted by Gasteiger charge is 2.32. The SMILES string of the molecule is Cc1[nH]c(=O)cc(Br)c1OC(F)(F)F. The lowest BCUT2D eigenvalue weighted by molar-refractivity contribution is -0.275. The van der Waals surface area contributed by atoms with Crippen molar-refractivity contribution >= 4 is 15.9 Å². The Hall–Kier alpha value is -0.980. The summed E-state index contributed by atoms with van der Waals surface area (Å²) in [6.45, 7) is 1.31. The molecule has 0 aliphatic carbocycles. The molecule has 0 atom stereocenters. The van der Waals surface area contributed by atoms with Gasteiger partial charge in [0.1, 0.15) is 0 Å². The quantitative estimate of drug-likeness (QED) is 0.852. The average Bonchev–Trinajstić information content (AvgIpc) is 1.95. The first-order chi connectivity index (χ1) is 6.29. The van der Waals surface area contributed by atoms with E-state index in [1.165, 1.54) is 6.92 Å². The van der Waals surface area contributed by atoms with Crippen molar-refractivity contribution in [3.63, 3.8) is 0 Å². The predicted molar refractivity (Wildman–Crippen MR) is 46.2 cm³/mol. The molecule has 3 nitrogen and oxygen atoms in total. The maximum atomic E-state index is 11.9. The molecule has 14 heavy (non-hydrogen) atoms. The van der Waals surface area contributed by atoms with E-state index in [0.717, 1.165) is 6.07 Å². The molecule has 1 N–H and O–H groups in total. The molecule has 78 valence electrons. The third kappa shape index (κ3) is 2.76. The number of ether oxygens (including phenoxy) is 1. The van der Waals surface area contributed by atoms with Crippen LogP contribution in [0.2, 0.25) is 0 Å². The van der Waals surface area contributed by atoms with Gasteiger partial charge in [-0.1, -0.05) is 0 Å². The minimum Gasteiger partial charge on any atom is -0.403 e. The minimum absolute atomic E-state index is 0.0155. The first-order valence-electron chi connectivity index (χ1n) is 3.45. The van der Waals surface area contributed by atoms with Crippen molar-refractivity contribution in [2.75, 3.05) is 0 Å². The number of halogens is 4. The van der Waals surface area contributed by atoms with E-state index in [-0.39, 0.29) is 10.2 Å². The molecular formula is C7H5BrF3NO2. The highest BCUT2D eigenvalue weighted by atomic mass is 79.9. The smallest absolute Gasteiger partial charge is 0.403 e. The molecular weight excluding hydrogens is 267 g/mol. The third-order valence-electron chi connectivity index (χ3n) is 1.34. The summed E-state index contributed by atoms with van der Waals surface area (Å²) in [6, 6.07) is 0.966. The van der Waals surface area contributed by atoms with Crippen molar-refractivity contribution in [1.82, 2.24) is 4.98 Å². The Bertz CT molecular complexity index is 373. The molecule has 0 amide bonds. The summed E-state index contributed by atoms with van der Waals surface area (Å²) in [5.41, 5.74) is -0.481. The number of aromatic amines is 1. The van der Waals surface area contributed by atoms with Crippen LogP contribution < -0.4 is 10.3 Å². The second kappa shape index (κ2) is 3.64. The molecule has 0 aliphatic rings. The summed E-state index contributed by atoms with van der Waals surface area (Å²) in [6.07, 6.45) is -4.77. The molecule has 0 radical (unpaired) electrons. The minimum atomic E-state index is -4.77. The molecule has 1 aromatic heterocycles. The van der Waals surface area contributed by atoms with Crippen LogP contribution in [-0.2, 0) is 0 Å². The fraction of sp³-hybridized carbons (Fsp3) is 0.286. The molecule has 7 heteroatoms. The fourth-order valence-corrected chi connectivity index (χ4v) is 1.46. The van der Waals surface area contributed by atoms with Gasteiger partial charge in [-0.15, -0.1) is 13.2 Å². The van der Waals surface area contributed by atoms with Crippen molar-refractivity contribution in [3.05, 3.63) is 26.6 Å². The number of aryl methyl sites for hydroxylation is 1. The molecule has 1 aromatic rings. The molecule has 0 saturated heterocycles. The second-order valence-electron chi connectivity index (χ2n) is 2.48. The van der Waals surface area contributed by atoms with Crippen LogP contribution in [0.5, 0.6) is 5.75 Å². The van der Waals surface area contributed by atoms with Crippen molar-refractivity contribution in [2.24, 2.45) is 0 Å². The Morgan fingerprint density at radius 1 is 1.50 bits per heavy atom. The Balaban J connectivity index is 3.16. The van der Waals surface area contributed by atoms with Crippen molar-refractivity contribution < 1.29 is 17.9 Å². The highest BCUT2D eigenvalue weighted by molar-refractivity contribution is 9.10. The summed E-state index contributed by atoms with van der Waals surface area (Å²) in [5, 5.41) is 0. The van der Waals surface area contributed by atoms with Crippen LogP contribution in [-0.4, -0.2) is 11.3 Å². The van der Waals surface area contributed by atoms with Crippen LogP contribution in [0.25, 0.3) is 0 Å². The van der Waals surface area contributed by atoms with E-state index in [1.54, 1.807) is 0 Å². The zero-order chi connectivity index (χ0) is 10.9. The molecule has 0 fully saturated rings. The number of H-pyrrole nitrogens is 1. The van der Waals surface area contributed by atoms with Gasteiger partial charge in [0.05, 0.1) is 10.2 Å². The molecule has 0 saturated carbocycles. The maximum Gasteiger partial charge on any atom is 0.573 e. The number of hydrogen-bond donors (Lipinski definition) is 1. The van der Waals surface area contributed by atoms with Gasteiger partial charge >= 0.3 is 6.36 Å². The van der Waals surface area contributed by atoms with Crippen molar-refractivity contribution in [3.8, 4) is 5.75 Å². The summed E-state index contributed by atoms with van der Waals surface area (Å²) in [4.78, 5) is 13.0. The number of nitrogens with one attached hydrogen (secondary N) is 1. The maximum absolute atomic E-state index is 11.9. The van der Waals surface area contributed by atoms with Gasteiger partial charge in [0.15, 0.2) is 5.75 Å². The monoisotopic (exact) mass is 271 g/mol. The fourth-order valence-electron chi connectivity index (χ4n) is 0.878. The van der Waals surface area contributed by atoms with Crippen LogP contribution in [0.1, 0.15) is 5.69 Å². The van der Waals surface area contributed by atoms with Crippen LogP contribution >= 0.6 is 15.9 Å². The first-order valence-corrected chi connectivity index (χ1v) is 4.24. The number of hydrogen-bond acceptors (Lipinski definition) is 2. The van der Waals surface area contributed by atoms with E-state index in [0.29, 0.717) is 0 Å². The summed E-state index contributed by atoms with van der Waals surface area (Å²) in [5.74, 6) is -0.433. The van der Waals surface area contributed by atoms with Gasteiger partial charge in [0.2, 0.25) is 5.56 Å². The zero-order valence-electron chi connectivity index (χ0n) is 6.91. The normalized spacial score (nSPS) is 11.5. The lowest BCUT2D eigenvalue weighted by Crippen LogP contribution is -2.20. The molecule has 0 aliphatic heterocycles. The number of rotatable bonds is 1. The average molecular weight is 272 g/mol. The lowest BCUT2D eigenvalue weighted by Gasteiger charge is -2.11. The van der Waals surface area contributed by atoms with E-state index in [1.807, 2.05) is 0 Å². The van der Waals surface area contributed by atoms with Crippen molar-refractivity contribution in [2.45, 2.75) is 13.3 Å². The Labute approximate surface area is 85.0 Å². The zero-order valence-corrected chi connectivity index (χ0v) is 8.49. The summed E-state index contributed by atoms with van der Waals surface area (Å²) >= 11 is 2.81. The third-order valence-corrected chi connectivity index (χ3v) is 1.93. The van der Waals surface area contributed by atoms with Gasteiger partial charge in [-0.3, -0.25) is 4.79 Å². The molecule has 0 aromatic carbocycles. The van der Waals surface area contributed by atoms with E-state index >= 15 is 0 Å². The number of alkyl halides is 3. The molecule has 1 heterocycles. The summed E-state index contributed by atoms with van der Waals surface area (Å²) < 4.78 is 39.3. The molecule has 0 bridgehead atoms. The van der Waals surface area contributed by atoms with Gasteiger partial charge in [-0.25, -0.2) is 0 Å². The van der Waals surface area contributed by atoms with Crippen LogP contribution in [0.3, 0.4) is 0 Å². The first kappa shape index (κ1) is 11.1.